The van der Waals surface area contributed by atoms with Gasteiger partial charge in [-0.25, -0.2) is 0 Å². The summed E-state index contributed by atoms with van der Waals surface area (Å²) in [4.78, 5) is 0. The average molecular weight is 211 g/mol. The molecular weight excluding hydrogens is 194 g/mol. The van der Waals surface area contributed by atoms with Gasteiger partial charge in [0.05, 0.1) is 0 Å². The average Bonchev–Trinajstić information content (AvgIpc) is 2.40. The molecule has 0 spiro atoms. The molecule has 0 saturated heterocycles. The molecule has 1 N–H and O–H groups in total. The van der Waals surface area contributed by atoms with Crippen molar-refractivity contribution in [3.63, 3.8) is 0 Å². The molecule has 1 atom stereocenters. The van der Waals surface area contributed by atoms with Crippen molar-refractivity contribution in [2.45, 2.75) is 45.6 Å². The molecule has 0 aromatic carbocycles. The Labute approximate surface area is 89.5 Å². The molecule has 2 rings (SSSR count). The van der Waals surface area contributed by atoms with E-state index in [1.807, 2.05) is 6.92 Å². The van der Waals surface area contributed by atoms with Crippen LogP contribution in [0.1, 0.15) is 44.5 Å². The zero-order valence-corrected chi connectivity index (χ0v) is 9.60. The molecule has 1 fully saturated rings. The van der Waals surface area contributed by atoms with Crippen molar-refractivity contribution < 1.29 is 0 Å². The van der Waals surface area contributed by atoms with Gasteiger partial charge in [-0.3, -0.25) is 5.10 Å². The molecule has 1 aliphatic rings. The highest BCUT2D eigenvalue weighted by molar-refractivity contribution is 7.71. The molecule has 0 amide bonds. The fourth-order valence-electron chi connectivity index (χ4n) is 2.33. The van der Waals surface area contributed by atoms with E-state index >= 15 is 0 Å². The van der Waals surface area contributed by atoms with Gasteiger partial charge >= 0.3 is 0 Å². The predicted octanol–water partition coefficient (Wildman–Crippen LogP) is 3.00. The maximum absolute atomic E-state index is 5.25. The molecule has 78 valence electrons. The van der Waals surface area contributed by atoms with Gasteiger partial charge in [-0.1, -0.05) is 13.3 Å². The number of nitrogens with zero attached hydrogens (tertiary/aromatic N) is 2. The predicted molar refractivity (Wildman–Crippen MR) is 58.8 cm³/mol. The third kappa shape index (κ3) is 1.52. The van der Waals surface area contributed by atoms with E-state index in [9.17, 15) is 0 Å². The molecule has 3 nitrogen and oxygen atoms in total. The van der Waals surface area contributed by atoms with E-state index in [1.165, 1.54) is 19.3 Å². The van der Waals surface area contributed by atoms with Crippen LogP contribution in [0.25, 0.3) is 0 Å². The molecule has 1 aromatic rings. The van der Waals surface area contributed by atoms with Gasteiger partial charge in [0.15, 0.2) is 4.77 Å². The van der Waals surface area contributed by atoms with Crippen LogP contribution in [0.15, 0.2) is 0 Å². The minimum absolute atomic E-state index is 0.565. The number of hydrogen-bond donors (Lipinski definition) is 1. The number of hydrogen-bond acceptors (Lipinski definition) is 2. The van der Waals surface area contributed by atoms with Gasteiger partial charge in [-0.15, -0.1) is 0 Å². The maximum atomic E-state index is 5.25. The second-order valence-corrected chi connectivity index (χ2v) is 4.50. The summed E-state index contributed by atoms with van der Waals surface area (Å²) in [7, 11) is 0. The number of nitrogens with one attached hydrogen (secondary N) is 1. The van der Waals surface area contributed by atoms with E-state index in [1.54, 1.807) is 0 Å². The lowest BCUT2D eigenvalue weighted by Crippen LogP contribution is -2.25. The van der Waals surface area contributed by atoms with Crippen LogP contribution in [0.5, 0.6) is 0 Å². The molecule has 0 aliphatic heterocycles. The van der Waals surface area contributed by atoms with Crippen LogP contribution in [0.4, 0.5) is 0 Å². The fraction of sp³-hybridized carbons (Fsp3) is 0.800. The second kappa shape index (κ2) is 3.85. The molecule has 1 unspecified atom stereocenters. The summed E-state index contributed by atoms with van der Waals surface area (Å²) < 4.78 is 2.97. The second-order valence-electron chi connectivity index (χ2n) is 4.11. The standard InChI is InChI=1S/C10H17N3S/c1-3-9(8-5-4-6-8)13-7(2)11-12-10(13)14/h8-9H,3-6H2,1-2H3,(H,12,14). The first kappa shape index (κ1) is 9.90. The Morgan fingerprint density at radius 3 is 2.71 bits per heavy atom. The Balaban J connectivity index is 2.30. The van der Waals surface area contributed by atoms with Gasteiger partial charge in [0.1, 0.15) is 5.82 Å². The van der Waals surface area contributed by atoms with Crippen LogP contribution >= 0.6 is 12.2 Å². The largest absolute Gasteiger partial charge is 0.301 e. The van der Waals surface area contributed by atoms with Crippen LogP contribution in [0.3, 0.4) is 0 Å². The number of H-pyrrole nitrogens is 1. The van der Waals surface area contributed by atoms with E-state index in [0.29, 0.717) is 6.04 Å². The Bertz CT molecular complexity index is 362. The smallest absolute Gasteiger partial charge is 0.195 e. The Hall–Kier alpha value is -0.640. The topological polar surface area (TPSA) is 33.6 Å². The first-order valence-electron chi connectivity index (χ1n) is 5.37. The number of aromatic nitrogens is 3. The molecule has 0 radical (unpaired) electrons. The van der Waals surface area contributed by atoms with Crippen LogP contribution in [0.2, 0.25) is 0 Å². The summed E-state index contributed by atoms with van der Waals surface area (Å²) in [6.07, 6.45) is 5.24. The van der Waals surface area contributed by atoms with Crippen molar-refractivity contribution in [1.29, 1.82) is 0 Å². The van der Waals surface area contributed by atoms with Gasteiger partial charge in [-0.2, -0.15) is 5.10 Å². The lowest BCUT2D eigenvalue weighted by molar-refractivity contribution is 0.199. The quantitative estimate of drug-likeness (QED) is 0.780. The van der Waals surface area contributed by atoms with Gasteiger partial charge in [0, 0.05) is 6.04 Å². The summed E-state index contributed by atoms with van der Waals surface area (Å²) in [5, 5.41) is 7.04. The van der Waals surface area contributed by atoms with Crippen molar-refractivity contribution in [3.8, 4) is 0 Å². The van der Waals surface area contributed by atoms with Gasteiger partial charge in [0.2, 0.25) is 0 Å². The van der Waals surface area contributed by atoms with Crippen molar-refractivity contribution in [1.82, 2.24) is 14.8 Å². The lowest BCUT2D eigenvalue weighted by Gasteiger charge is -2.34. The summed E-state index contributed by atoms with van der Waals surface area (Å²) in [6, 6.07) is 0.565. The molecule has 1 saturated carbocycles. The highest BCUT2D eigenvalue weighted by Crippen LogP contribution is 2.38. The van der Waals surface area contributed by atoms with E-state index in [2.05, 4.69) is 21.7 Å². The Morgan fingerprint density at radius 2 is 2.36 bits per heavy atom. The fourth-order valence-corrected chi connectivity index (χ4v) is 2.64. The van der Waals surface area contributed by atoms with Crippen LogP contribution in [0, 0.1) is 17.6 Å². The third-order valence-electron chi connectivity index (χ3n) is 3.32. The highest BCUT2D eigenvalue weighted by Gasteiger charge is 2.28. The minimum Gasteiger partial charge on any atom is -0.301 e. The molecular formula is C10H17N3S. The Kier molecular flexibility index (Phi) is 2.72. The minimum atomic E-state index is 0.565. The zero-order valence-electron chi connectivity index (χ0n) is 8.79. The number of aryl methyl sites for hydroxylation is 1. The molecule has 0 bridgehead atoms. The molecule has 14 heavy (non-hydrogen) atoms. The summed E-state index contributed by atoms with van der Waals surface area (Å²) >= 11 is 5.25. The van der Waals surface area contributed by atoms with Gasteiger partial charge in [-0.05, 0) is 44.3 Å². The van der Waals surface area contributed by atoms with E-state index in [4.69, 9.17) is 12.2 Å². The van der Waals surface area contributed by atoms with Gasteiger partial charge in [0.25, 0.3) is 0 Å². The first-order chi connectivity index (χ1) is 6.74. The van der Waals surface area contributed by atoms with Crippen LogP contribution < -0.4 is 0 Å². The molecule has 1 aromatic heterocycles. The van der Waals surface area contributed by atoms with Crippen LogP contribution in [-0.2, 0) is 0 Å². The number of aromatic amines is 1. The summed E-state index contributed by atoms with van der Waals surface area (Å²) in [6.45, 7) is 4.25. The normalized spacial score (nSPS) is 19.3. The van der Waals surface area contributed by atoms with Crippen molar-refractivity contribution in [2.24, 2.45) is 5.92 Å². The van der Waals surface area contributed by atoms with Crippen molar-refractivity contribution >= 4 is 12.2 Å². The zero-order chi connectivity index (χ0) is 10.1. The molecule has 4 heteroatoms. The number of rotatable bonds is 3. The summed E-state index contributed by atoms with van der Waals surface area (Å²) in [5.74, 6) is 1.84. The van der Waals surface area contributed by atoms with E-state index in [0.717, 1.165) is 22.9 Å². The maximum Gasteiger partial charge on any atom is 0.195 e. The van der Waals surface area contributed by atoms with E-state index in [-0.39, 0.29) is 0 Å². The van der Waals surface area contributed by atoms with Gasteiger partial charge < -0.3 is 4.57 Å². The first-order valence-corrected chi connectivity index (χ1v) is 5.78. The van der Waals surface area contributed by atoms with E-state index < -0.39 is 0 Å². The highest BCUT2D eigenvalue weighted by atomic mass is 32.1. The monoisotopic (exact) mass is 211 g/mol. The third-order valence-corrected chi connectivity index (χ3v) is 3.61. The Morgan fingerprint density at radius 1 is 1.64 bits per heavy atom. The lowest BCUT2D eigenvalue weighted by atomic mass is 9.78. The SMILES string of the molecule is CCC(C1CCC1)n1c(C)n[nH]c1=S. The van der Waals surface area contributed by atoms with Crippen molar-refractivity contribution in [2.75, 3.05) is 0 Å². The summed E-state index contributed by atoms with van der Waals surface area (Å²) in [5.41, 5.74) is 0. The molecule has 1 heterocycles. The van der Waals surface area contributed by atoms with Crippen molar-refractivity contribution in [3.05, 3.63) is 10.6 Å². The molecule has 1 aliphatic carbocycles. The van der Waals surface area contributed by atoms with Crippen LogP contribution in [-0.4, -0.2) is 14.8 Å².